The summed E-state index contributed by atoms with van der Waals surface area (Å²) in [5.41, 5.74) is 2.33. The van der Waals surface area contributed by atoms with Gasteiger partial charge in [0.15, 0.2) is 0 Å². The van der Waals surface area contributed by atoms with Gasteiger partial charge in [0, 0.05) is 29.3 Å². The van der Waals surface area contributed by atoms with Crippen molar-refractivity contribution in [2.45, 2.75) is 18.9 Å². The average Bonchev–Trinajstić information content (AvgIpc) is 2.85. The average molecular weight is 443 g/mol. The number of nitrogens with zero attached hydrogens (tertiary/aromatic N) is 4. The molecule has 1 aliphatic heterocycles. The van der Waals surface area contributed by atoms with Crippen molar-refractivity contribution in [2.24, 2.45) is 0 Å². The number of carbonyl (C=O) groups is 1. The molecule has 8 nitrogen and oxygen atoms in total. The van der Waals surface area contributed by atoms with Gasteiger partial charge in [-0.25, -0.2) is 19.3 Å². The van der Waals surface area contributed by atoms with Gasteiger partial charge in [-0.05, 0) is 62.3 Å². The minimum Gasteiger partial charge on any atom is -0.366 e. The van der Waals surface area contributed by atoms with Crippen molar-refractivity contribution >= 4 is 28.4 Å². The van der Waals surface area contributed by atoms with Gasteiger partial charge in [0.1, 0.15) is 23.1 Å². The number of halogens is 1. The first-order valence-corrected chi connectivity index (χ1v) is 10.8. The number of anilines is 2. The highest BCUT2D eigenvalue weighted by Gasteiger charge is 2.14. The zero-order chi connectivity index (χ0) is 22.6. The Balaban J connectivity index is 1.37. The van der Waals surface area contributed by atoms with E-state index in [1.807, 2.05) is 12.1 Å². The number of rotatable bonds is 5. The molecule has 4 heterocycles. The zero-order valence-electron chi connectivity index (χ0n) is 17.8. The summed E-state index contributed by atoms with van der Waals surface area (Å²) in [7, 11) is 0. The van der Waals surface area contributed by atoms with Crippen molar-refractivity contribution in [3.8, 4) is 11.4 Å². The molecule has 0 radical (unpaired) electrons. The molecule has 3 N–H and O–H groups in total. The van der Waals surface area contributed by atoms with Crippen LogP contribution in [0, 0.1) is 5.82 Å². The Bertz CT molecular complexity index is 1290. The molecule has 1 amide bonds. The molecule has 3 aromatic heterocycles. The van der Waals surface area contributed by atoms with Crippen molar-refractivity contribution < 1.29 is 9.18 Å². The third-order valence-corrected chi connectivity index (χ3v) is 5.51. The summed E-state index contributed by atoms with van der Waals surface area (Å²) in [5, 5.41) is 10.4. The van der Waals surface area contributed by atoms with Crippen LogP contribution in [0.15, 0.2) is 61.1 Å². The predicted octanol–water partition coefficient (Wildman–Crippen LogP) is 3.64. The lowest BCUT2D eigenvalue weighted by atomic mass is 10.1. The van der Waals surface area contributed by atoms with E-state index >= 15 is 0 Å². The fourth-order valence-corrected chi connectivity index (χ4v) is 3.75. The number of nitrogens with one attached hydrogen (secondary N) is 3. The van der Waals surface area contributed by atoms with Crippen molar-refractivity contribution in [1.29, 1.82) is 0 Å². The van der Waals surface area contributed by atoms with Gasteiger partial charge in [0.05, 0.1) is 23.6 Å². The Hall–Kier alpha value is -3.98. The number of amides is 1. The number of piperidine rings is 1. The predicted molar refractivity (Wildman–Crippen MR) is 124 cm³/mol. The van der Waals surface area contributed by atoms with Crippen molar-refractivity contribution in [1.82, 2.24) is 25.3 Å². The highest BCUT2D eigenvalue weighted by Crippen LogP contribution is 2.22. The lowest BCUT2D eigenvalue weighted by Gasteiger charge is -2.24. The van der Waals surface area contributed by atoms with Crippen LogP contribution in [0.2, 0.25) is 0 Å². The molecule has 0 unspecified atom stereocenters. The first-order chi connectivity index (χ1) is 16.1. The molecule has 0 bridgehead atoms. The summed E-state index contributed by atoms with van der Waals surface area (Å²) in [6.45, 7) is 1.98. The first-order valence-electron chi connectivity index (χ1n) is 10.8. The Kier molecular flexibility index (Phi) is 5.86. The molecule has 4 aromatic rings. The minimum absolute atomic E-state index is 0.341. The lowest BCUT2D eigenvalue weighted by molar-refractivity contribution is 0.102. The van der Waals surface area contributed by atoms with E-state index in [-0.39, 0.29) is 5.91 Å². The van der Waals surface area contributed by atoms with E-state index in [9.17, 15) is 9.18 Å². The summed E-state index contributed by atoms with van der Waals surface area (Å²) < 4.78 is 13.1. The number of benzene rings is 1. The summed E-state index contributed by atoms with van der Waals surface area (Å²) in [6, 6.07) is 11.2. The fourth-order valence-electron chi connectivity index (χ4n) is 3.75. The molecular weight excluding hydrogens is 421 g/mol. The van der Waals surface area contributed by atoms with Crippen LogP contribution in [0.4, 0.5) is 16.0 Å². The largest absolute Gasteiger partial charge is 0.366 e. The van der Waals surface area contributed by atoms with Crippen LogP contribution < -0.4 is 16.0 Å². The van der Waals surface area contributed by atoms with Gasteiger partial charge in [-0.1, -0.05) is 0 Å². The molecule has 1 aliphatic rings. The molecule has 1 saturated heterocycles. The number of hydrogen-bond acceptors (Lipinski definition) is 7. The monoisotopic (exact) mass is 443 g/mol. The quantitative estimate of drug-likeness (QED) is 0.433. The molecule has 0 saturated carbocycles. The minimum atomic E-state index is -0.398. The first kappa shape index (κ1) is 20.9. The summed E-state index contributed by atoms with van der Waals surface area (Å²) in [4.78, 5) is 30.4. The fraction of sp³-hybridized carbons (Fsp3) is 0.208. The number of aromatic nitrogens is 4. The molecule has 0 atom stereocenters. The second-order valence-electron chi connectivity index (χ2n) is 7.88. The van der Waals surface area contributed by atoms with Gasteiger partial charge in [0.25, 0.3) is 5.91 Å². The van der Waals surface area contributed by atoms with Crippen LogP contribution in [0.5, 0.6) is 0 Å². The summed E-state index contributed by atoms with van der Waals surface area (Å²) >= 11 is 0. The molecule has 33 heavy (non-hydrogen) atoms. The molecule has 1 aromatic carbocycles. The molecule has 0 aliphatic carbocycles. The van der Waals surface area contributed by atoms with E-state index < -0.39 is 5.82 Å². The third kappa shape index (κ3) is 4.93. The Morgan fingerprint density at radius 2 is 1.76 bits per heavy atom. The standard InChI is InChI=1S/C24H22FN7O/c25-17-4-1-15(2-5-17)24(33)32-22-11-20-16(12-28-22)3-6-19(30-20)21-13-27-14-23(31-21)29-18-7-9-26-10-8-18/h1-6,11-14,18,26H,7-10H2,(H,29,31)(H,28,32,33). The highest BCUT2D eigenvalue weighted by atomic mass is 19.1. The van der Waals surface area contributed by atoms with E-state index in [1.165, 1.54) is 24.3 Å². The number of pyridine rings is 2. The molecule has 9 heteroatoms. The van der Waals surface area contributed by atoms with Crippen LogP contribution in [0.25, 0.3) is 22.3 Å². The van der Waals surface area contributed by atoms with Crippen LogP contribution >= 0.6 is 0 Å². The second-order valence-corrected chi connectivity index (χ2v) is 7.88. The van der Waals surface area contributed by atoms with E-state index in [4.69, 9.17) is 4.98 Å². The van der Waals surface area contributed by atoms with Gasteiger partial charge < -0.3 is 16.0 Å². The van der Waals surface area contributed by atoms with E-state index in [2.05, 4.69) is 30.9 Å². The molecule has 5 rings (SSSR count). The number of hydrogen-bond donors (Lipinski definition) is 3. The Labute approximate surface area is 189 Å². The van der Waals surface area contributed by atoms with E-state index in [0.717, 1.165) is 37.1 Å². The van der Waals surface area contributed by atoms with Gasteiger partial charge in [0.2, 0.25) is 0 Å². The highest BCUT2D eigenvalue weighted by molar-refractivity contribution is 6.04. The Morgan fingerprint density at radius 3 is 2.58 bits per heavy atom. The van der Waals surface area contributed by atoms with Gasteiger partial charge in [-0.2, -0.15) is 0 Å². The van der Waals surface area contributed by atoms with Crippen molar-refractivity contribution in [3.05, 3.63) is 72.4 Å². The third-order valence-electron chi connectivity index (χ3n) is 5.51. The molecule has 166 valence electrons. The number of carbonyl (C=O) groups excluding carboxylic acids is 1. The smallest absolute Gasteiger partial charge is 0.256 e. The van der Waals surface area contributed by atoms with Crippen LogP contribution in [0.3, 0.4) is 0 Å². The van der Waals surface area contributed by atoms with Crippen molar-refractivity contribution in [3.63, 3.8) is 0 Å². The van der Waals surface area contributed by atoms with E-state index in [0.29, 0.717) is 34.3 Å². The SMILES string of the molecule is O=C(Nc1cc2nc(-c3cncc(NC4CCNCC4)n3)ccc2cn1)c1ccc(F)cc1. The zero-order valence-corrected chi connectivity index (χ0v) is 17.8. The molecular formula is C24H22FN7O. The maximum absolute atomic E-state index is 13.1. The summed E-state index contributed by atoms with van der Waals surface area (Å²) in [5.74, 6) is 0.308. The molecule has 0 spiro atoms. The van der Waals surface area contributed by atoms with Crippen molar-refractivity contribution in [2.75, 3.05) is 23.7 Å². The lowest BCUT2D eigenvalue weighted by Crippen LogP contribution is -2.35. The van der Waals surface area contributed by atoms with Gasteiger partial charge >= 0.3 is 0 Å². The van der Waals surface area contributed by atoms with Gasteiger partial charge in [-0.3, -0.25) is 9.78 Å². The second kappa shape index (κ2) is 9.25. The van der Waals surface area contributed by atoms with E-state index in [1.54, 1.807) is 24.7 Å². The topological polar surface area (TPSA) is 105 Å². The van der Waals surface area contributed by atoms with Gasteiger partial charge in [-0.15, -0.1) is 0 Å². The molecule has 1 fully saturated rings. The van der Waals surface area contributed by atoms with Crippen LogP contribution in [-0.2, 0) is 0 Å². The Morgan fingerprint density at radius 1 is 0.939 bits per heavy atom. The normalized spacial score (nSPS) is 14.2. The van der Waals surface area contributed by atoms with Crippen LogP contribution in [0.1, 0.15) is 23.2 Å². The number of fused-ring (bicyclic) bond motifs is 1. The van der Waals surface area contributed by atoms with Crippen LogP contribution in [-0.4, -0.2) is 45.0 Å². The summed E-state index contributed by atoms with van der Waals surface area (Å²) in [6.07, 6.45) is 7.13. The maximum Gasteiger partial charge on any atom is 0.256 e. The maximum atomic E-state index is 13.1.